The third-order valence-electron chi connectivity index (χ3n) is 4.22. The molecule has 1 aromatic heterocycles. The van der Waals surface area contributed by atoms with Crippen molar-refractivity contribution >= 4 is 5.82 Å². The molecule has 0 radical (unpaired) electrons. The van der Waals surface area contributed by atoms with Crippen LogP contribution in [-0.4, -0.2) is 30.7 Å². The number of hydrogen-bond donors (Lipinski definition) is 1. The molecule has 1 N–H and O–H groups in total. The summed E-state index contributed by atoms with van der Waals surface area (Å²) in [5, 5.41) is 3.59. The van der Waals surface area contributed by atoms with E-state index in [2.05, 4.69) is 57.0 Å². The van der Waals surface area contributed by atoms with Crippen LogP contribution in [0, 0.1) is 5.92 Å². The van der Waals surface area contributed by atoms with Gasteiger partial charge in [-0.05, 0) is 42.3 Å². The van der Waals surface area contributed by atoms with Crippen molar-refractivity contribution in [1.82, 2.24) is 10.3 Å². The molecule has 3 nitrogen and oxygen atoms in total. The highest BCUT2D eigenvalue weighted by molar-refractivity contribution is 5.43. The van der Waals surface area contributed by atoms with Crippen molar-refractivity contribution in [3.05, 3.63) is 23.9 Å². The van der Waals surface area contributed by atoms with Crippen molar-refractivity contribution in [3.8, 4) is 0 Å². The molecule has 118 valence electrons. The summed E-state index contributed by atoms with van der Waals surface area (Å²) in [5.41, 5.74) is 1.48. The summed E-state index contributed by atoms with van der Waals surface area (Å²) in [6.45, 7) is 14.5. The zero-order valence-corrected chi connectivity index (χ0v) is 14.3. The second kappa shape index (κ2) is 6.78. The fourth-order valence-electron chi connectivity index (χ4n) is 2.89. The predicted molar refractivity (Wildman–Crippen MR) is 91.0 cm³/mol. The Kier molecular flexibility index (Phi) is 5.26. The number of hydrogen-bond acceptors (Lipinski definition) is 3. The minimum absolute atomic E-state index is 0.175. The number of nitrogens with one attached hydrogen (secondary N) is 1. The first-order valence-corrected chi connectivity index (χ1v) is 8.32. The lowest BCUT2D eigenvalue weighted by atomic mass is 9.88. The normalized spacial score (nSPS) is 19.5. The SMILES string of the molecule is CC(C)CNCC1CCCN1c1ccc(C(C)(C)C)cn1. The maximum atomic E-state index is 4.72. The minimum Gasteiger partial charge on any atom is -0.352 e. The third kappa shape index (κ3) is 4.44. The highest BCUT2D eigenvalue weighted by atomic mass is 15.2. The van der Waals surface area contributed by atoms with Gasteiger partial charge in [0.1, 0.15) is 5.82 Å². The van der Waals surface area contributed by atoms with E-state index in [4.69, 9.17) is 4.98 Å². The molecule has 0 bridgehead atoms. The lowest BCUT2D eigenvalue weighted by molar-refractivity contribution is 0.511. The molecule has 3 heteroatoms. The molecule has 2 heterocycles. The van der Waals surface area contributed by atoms with Crippen LogP contribution in [0.1, 0.15) is 53.0 Å². The van der Waals surface area contributed by atoms with Gasteiger partial charge in [-0.15, -0.1) is 0 Å². The van der Waals surface area contributed by atoms with Gasteiger partial charge in [-0.1, -0.05) is 40.7 Å². The van der Waals surface area contributed by atoms with Gasteiger partial charge in [-0.3, -0.25) is 0 Å². The van der Waals surface area contributed by atoms with Crippen LogP contribution in [0.15, 0.2) is 18.3 Å². The van der Waals surface area contributed by atoms with Crippen LogP contribution in [0.25, 0.3) is 0 Å². The first kappa shape index (κ1) is 16.3. The molecule has 1 atom stereocenters. The number of pyridine rings is 1. The van der Waals surface area contributed by atoms with Crippen molar-refractivity contribution < 1.29 is 0 Å². The zero-order valence-electron chi connectivity index (χ0n) is 14.3. The third-order valence-corrected chi connectivity index (χ3v) is 4.22. The van der Waals surface area contributed by atoms with Crippen LogP contribution >= 0.6 is 0 Å². The summed E-state index contributed by atoms with van der Waals surface area (Å²) in [7, 11) is 0. The molecule has 2 rings (SSSR count). The topological polar surface area (TPSA) is 28.2 Å². The van der Waals surface area contributed by atoms with Crippen molar-refractivity contribution in [2.45, 2.75) is 58.9 Å². The summed E-state index contributed by atoms with van der Waals surface area (Å²) >= 11 is 0. The number of nitrogens with zero attached hydrogens (tertiary/aromatic N) is 2. The van der Waals surface area contributed by atoms with Crippen LogP contribution in [-0.2, 0) is 5.41 Å². The molecule has 0 aliphatic carbocycles. The van der Waals surface area contributed by atoms with Crippen LogP contribution < -0.4 is 10.2 Å². The highest BCUT2D eigenvalue weighted by Crippen LogP contribution is 2.26. The summed E-state index contributed by atoms with van der Waals surface area (Å²) in [6.07, 6.45) is 4.59. The van der Waals surface area contributed by atoms with E-state index in [1.54, 1.807) is 0 Å². The molecule has 1 fully saturated rings. The second-order valence-corrected chi connectivity index (χ2v) is 7.70. The van der Waals surface area contributed by atoms with Gasteiger partial charge in [-0.25, -0.2) is 4.98 Å². The molecule has 0 aromatic carbocycles. The molecular weight excluding hydrogens is 258 g/mol. The maximum absolute atomic E-state index is 4.72. The van der Waals surface area contributed by atoms with Gasteiger partial charge in [0.2, 0.25) is 0 Å². The van der Waals surface area contributed by atoms with Gasteiger partial charge in [0.15, 0.2) is 0 Å². The van der Waals surface area contributed by atoms with E-state index in [1.165, 1.54) is 18.4 Å². The lowest BCUT2D eigenvalue weighted by Gasteiger charge is -2.27. The average Bonchev–Trinajstić information content (AvgIpc) is 2.86. The van der Waals surface area contributed by atoms with Gasteiger partial charge in [-0.2, -0.15) is 0 Å². The smallest absolute Gasteiger partial charge is 0.128 e. The van der Waals surface area contributed by atoms with Gasteiger partial charge in [0.25, 0.3) is 0 Å². The molecular formula is C18H31N3. The molecule has 1 unspecified atom stereocenters. The Balaban J connectivity index is 1.99. The molecule has 0 amide bonds. The fraction of sp³-hybridized carbons (Fsp3) is 0.722. The Morgan fingerprint density at radius 1 is 1.33 bits per heavy atom. The van der Waals surface area contributed by atoms with Crippen LogP contribution in [0.2, 0.25) is 0 Å². The highest BCUT2D eigenvalue weighted by Gasteiger charge is 2.25. The van der Waals surface area contributed by atoms with E-state index in [9.17, 15) is 0 Å². The first-order valence-electron chi connectivity index (χ1n) is 8.32. The molecule has 0 saturated carbocycles. The summed E-state index contributed by atoms with van der Waals surface area (Å²) in [6, 6.07) is 5.03. The molecule has 0 spiro atoms. The molecule has 1 aromatic rings. The van der Waals surface area contributed by atoms with Gasteiger partial charge in [0, 0.05) is 25.3 Å². The average molecular weight is 289 g/mol. The largest absolute Gasteiger partial charge is 0.352 e. The van der Waals surface area contributed by atoms with E-state index < -0.39 is 0 Å². The Bertz CT molecular complexity index is 431. The summed E-state index contributed by atoms with van der Waals surface area (Å²) in [5.74, 6) is 1.85. The standard InChI is InChI=1S/C18H31N3/c1-14(2)11-19-13-16-7-6-10-21(16)17-9-8-15(12-20-17)18(3,4)5/h8-9,12,14,16,19H,6-7,10-11,13H2,1-5H3. The number of anilines is 1. The second-order valence-electron chi connectivity index (χ2n) is 7.70. The van der Waals surface area contributed by atoms with Gasteiger partial charge >= 0.3 is 0 Å². The van der Waals surface area contributed by atoms with E-state index in [0.717, 1.165) is 25.5 Å². The van der Waals surface area contributed by atoms with Gasteiger partial charge < -0.3 is 10.2 Å². The van der Waals surface area contributed by atoms with E-state index in [0.29, 0.717) is 12.0 Å². The number of rotatable bonds is 5. The Morgan fingerprint density at radius 3 is 2.67 bits per heavy atom. The van der Waals surface area contributed by atoms with E-state index >= 15 is 0 Å². The van der Waals surface area contributed by atoms with Crippen molar-refractivity contribution in [2.24, 2.45) is 5.92 Å². The molecule has 1 aliphatic heterocycles. The Hall–Kier alpha value is -1.09. The van der Waals surface area contributed by atoms with Gasteiger partial charge in [0.05, 0.1) is 0 Å². The van der Waals surface area contributed by atoms with Crippen molar-refractivity contribution in [1.29, 1.82) is 0 Å². The maximum Gasteiger partial charge on any atom is 0.128 e. The van der Waals surface area contributed by atoms with Crippen molar-refractivity contribution in [2.75, 3.05) is 24.5 Å². The van der Waals surface area contributed by atoms with Crippen molar-refractivity contribution in [3.63, 3.8) is 0 Å². The van der Waals surface area contributed by atoms with Crippen LogP contribution in [0.5, 0.6) is 0 Å². The molecule has 21 heavy (non-hydrogen) atoms. The lowest BCUT2D eigenvalue weighted by Crippen LogP contribution is -2.39. The Labute approximate surface area is 130 Å². The van der Waals surface area contributed by atoms with E-state index in [-0.39, 0.29) is 5.41 Å². The van der Waals surface area contributed by atoms with Crippen LogP contribution in [0.4, 0.5) is 5.82 Å². The fourth-order valence-corrected chi connectivity index (χ4v) is 2.89. The minimum atomic E-state index is 0.175. The summed E-state index contributed by atoms with van der Waals surface area (Å²) in [4.78, 5) is 7.19. The first-order chi connectivity index (χ1) is 9.88. The van der Waals surface area contributed by atoms with Crippen LogP contribution in [0.3, 0.4) is 0 Å². The Morgan fingerprint density at radius 2 is 2.10 bits per heavy atom. The van der Waals surface area contributed by atoms with E-state index in [1.807, 2.05) is 6.20 Å². The zero-order chi connectivity index (χ0) is 15.5. The monoisotopic (exact) mass is 289 g/mol. The molecule has 1 aliphatic rings. The molecule has 1 saturated heterocycles. The summed E-state index contributed by atoms with van der Waals surface area (Å²) < 4.78 is 0. The number of aromatic nitrogens is 1. The quantitative estimate of drug-likeness (QED) is 0.898. The predicted octanol–water partition coefficient (Wildman–Crippen LogP) is 3.59.